The number of benzene rings is 1. The molecular formula is C19H14ClN5O4. The fourth-order valence-electron chi connectivity index (χ4n) is 2.61. The molecule has 1 N–H and O–H groups in total. The van der Waals surface area contributed by atoms with Crippen molar-refractivity contribution in [3.05, 3.63) is 71.2 Å². The minimum Gasteiger partial charge on any atom is -0.456 e. The van der Waals surface area contributed by atoms with E-state index >= 15 is 0 Å². The van der Waals surface area contributed by atoms with Crippen LogP contribution in [0.1, 0.15) is 33.7 Å². The molecule has 10 heteroatoms. The van der Waals surface area contributed by atoms with Gasteiger partial charge < -0.3 is 14.2 Å². The molecule has 0 atom stereocenters. The first-order valence-corrected chi connectivity index (χ1v) is 8.88. The Hall–Kier alpha value is -3.72. The number of nitrogens with zero attached hydrogens (tertiary/aromatic N) is 4. The lowest BCUT2D eigenvalue weighted by atomic mass is 10.1. The predicted molar refractivity (Wildman–Crippen MR) is 103 cm³/mol. The maximum atomic E-state index is 12.6. The zero-order valence-electron chi connectivity index (χ0n) is 15.1. The second-order valence-electron chi connectivity index (χ2n) is 6.07. The Balaban J connectivity index is 1.46. The number of carbonyl (C=O) groups excluding carboxylic acids is 2. The Morgan fingerprint density at radius 3 is 2.69 bits per heavy atom. The molecule has 9 nitrogen and oxygen atoms in total. The fourth-order valence-corrected chi connectivity index (χ4v) is 2.74. The molecule has 0 saturated carbocycles. The minimum atomic E-state index is -0.493. The Labute approximate surface area is 169 Å². The number of anilines is 1. The van der Waals surface area contributed by atoms with Crippen LogP contribution in [0.2, 0.25) is 5.02 Å². The van der Waals surface area contributed by atoms with Gasteiger partial charge in [-0.1, -0.05) is 11.6 Å². The molecule has 0 aliphatic heterocycles. The lowest BCUT2D eigenvalue weighted by Gasteiger charge is -2.02. The van der Waals surface area contributed by atoms with Crippen LogP contribution in [0.15, 0.2) is 57.8 Å². The van der Waals surface area contributed by atoms with Crippen molar-refractivity contribution >= 4 is 29.1 Å². The van der Waals surface area contributed by atoms with Crippen LogP contribution in [-0.2, 0) is 6.54 Å². The standard InChI is InChI=1S/C19H14ClN5O4/c1-11(26)15-7-6-14(29-15)9-25-22-8-16(24-25)23-19(27)17-18(28-10-21-17)12-2-4-13(20)5-3-12/h2-8,10H,9H2,1H3,(H,23,24,27). The van der Waals surface area contributed by atoms with Crippen LogP contribution >= 0.6 is 11.6 Å². The van der Waals surface area contributed by atoms with Crippen molar-refractivity contribution in [1.82, 2.24) is 20.0 Å². The molecule has 3 heterocycles. The summed E-state index contributed by atoms with van der Waals surface area (Å²) in [5, 5.41) is 11.5. The maximum Gasteiger partial charge on any atom is 0.279 e. The molecule has 1 aromatic carbocycles. The van der Waals surface area contributed by atoms with Gasteiger partial charge in [0, 0.05) is 17.5 Å². The minimum absolute atomic E-state index is 0.110. The Bertz CT molecular complexity index is 1180. The summed E-state index contributed by atoms with van der Waals surface area (Å²) in [6, 6.07) is 10.1. The molecule has 0 bridgehead atoms. The number of nitrogens with one attached hydrogen (secondary N) is 1. The van der Waals surface area contributed by atoms with Crippen molar-refractivity contribution in [3.63, 3.8) is 0 Å². The molecule has 0 fully saturated rings. The monoisotopic (exact) mass is 411 g/mol. The van der Waals surface area contributed by atoms with Gasteiger partial charge in [0.05, 0.1) is 6.20 Å². The number of hydrogen-bond acceptors (Lipinski definition) is 7. The van der Waals surface area contributed by atoms with E-state index in [0.29, 0.717) is 22.1 Å². The molecule has 4 aromatic rings. The lowest BCUT2D eigenvalue weighted by Crippen LogP contribution is -2.14. The molecule has 0 spiro atoms. The lowest BCUT2D eigenvalue weighted by molar-refractivity contribution is 0.0983. The second kappa shape index (κ2) is 7.72. The highest BCUT2D eigenvalue weighted by molar-refractivity contribution is 6.30. The molecular weight excluding hydrogens is 398 g/mol. The summed E-state index contributed by atoms with van der Waals surface area (Å²) in [6.45, 7) is 1.63. The summed E-state index contributed by atoms with van der Waals surface area (Å²) in [6.07, 6.45) is 2.59. The molecule has 3 aromatic heterocycles. The van der Waals surface area contributed by atoms with Crippen LogP contribution in [0.25, 0.3) is 11.3 Å². The van der Waals surface area contributed by atoms with Crippen molar-refractivity contribution in [1.29, 1.82) is 0 Å². The van der Waals surface area contributed by atoms with E-state index in [9.17, 15) is 9.59 Å². The normalized spacial score (nSPS) is 10.8. The topological polar surface area (TPSA) is 116 Å². The van der Waals surface area contributed by atoms with Crippen LogP contribution < -0.4 is 5.32 Å². The summed E-state index contributed by atoms with van der Waals surface area (Å²) in [5.41, 5.74) is 0.777. The molecule has 146 valence electrons. The van der Waals surface area contributed by atoms with E-state index < -0.39 is 5.91 Å². The first kappa shape index (κ1) is 18.6. The Morgan fingerprint density at radius 1 is 1.17 bits per heavy atom. The van der Waals surface area contributed by atoms with Gasteiger partial charge in [0.2, 0.25) is 0 Å². The first-order chi connectivity index (χ1) is 14.0. The molecule has 0 saturated heterocycles. The Kier molecular flexibility index (Phi) is 4.96. The van der Waals surface area contributed by atoms with E-state index in [1.165, 1.54) is 24.3 Å². The number of halogens is 1. The summed E-state index contributed by atoms with van der Waals surface area (Å²) in [4.78, 5) is 29.2. The van der Waals surface area contributed by atoms with Crippen LogP contribution in [0.4, 0.5) is 5.82 Å². The van der Waals surface area contributed by atoms with Gasteiger partial charge in [-0.15, -0.1) is 5.10 Å². The smallest absolute Gasteiger partial charge is 0.279 e. The summed E-state index contributed by atoms with van der Waals surface area (Å²) in [5.74, 6) is 0.679. The van der Waals surface area contributed by atoms with Crippen molar-refractivity contribution in [2.45, 2.75) is 13.5 Å². The third-order valence-electron chi connectivity index (χ3n) is 3.97. The highest BCUT2D eigenvalue weighted by Gasteiger charge is 2.19. The van der Waals surface area contributed by atoms with Gasteiger partial charge in [0.25, 0.3) is 5.91 Å². The zero-order chi connectivity index (χ0) is 20.4. The molecule has 4 rings (SSSR count). The number of carbonyl (C=O) groups is 2. The number of rotatable bonds is 6. The zero-order valence-corrected chi connectivity index (χ0v) is 15.9. The number of ketones is 1. The molecule has 0 aliphatic carbocycles. The summed E-state index contributed by atoms with van der Waals surface area (Å²) >= 11 is 5.89. The molecule has 1 amide bonds. The van der Waals surface area contributed by atoms with Gasteiger partial charge in [0.15, 0.2) is 35.2 Å². The number of hydrogen-bond donors (Lipinski definition) is 1. The van der Waals surface area contributed by atoms with E-state index in [0.717, 1.165) is 0 Å². The average Bonchev–Trinajstić information content (AvgIpc) is 3.43. The van der Waals surface area contributed by atoms with Gasteiger partial charge in [-0.3, -0.25) is 9.59 Å². The van der Waals surface area contributed by atoms with E-state index in [-0.39, 0.29) is 29.6 Å². The van der Waals surface area contributed by atoms with Crippen molar-refractivity contribution < 1.29 is 18.4 Å². The van der Waals surface area contributed by atoms with Crippen molar-refractivity contribution in [2.24, 2.45) is 0 Å². The summed E-state index contributed by atoms with van der Waals surface area (Å²) in [7, 11) is 0. The van der Waals surface area contributed by atoms with E-state index in [2.05, 4.69) is 20.5 Å². The van der Waals surface area contributed by atoms with E-state index in [1.54, 1.807) is 36.4 Å². The fraction of sp³-hybridized carbons (Fsp3) is 0.105. The molecule has 29 heavy (non-hydrogen) atoms. The predicted octanol–water partition coefficient (Wildman–Crippen LogP) is 3.68. The van der Waals surface area contributed by atoms with Crippen LogP contribution in [0.3, 0.4) is 0 Å². The summed E-state index contributed by atoms with van der Waals surface area (Å²) < 4.78 is 10.8. The number of amides is 1. The van der Waals surface area contributed by atoms with Crippen LogP contribution in [-0.4, -0.2) is 31.7 Å². The van der Waals surface area contributed by atoms with Crippen LogP contribution in [0, 0.1) is 0 Å². The SMILES string of the molecule is CC(=O)c1ccc(Cn2ncc(NC(=O)c3ncoc3-c3ccc(Cl)cc3)n2)o1. The quantitative estimate of drug-likeness (QED) is 0.481. The number of Topliss-reactive ketones (excluding diaryl/α,β-unsaturated/α-hetero) is 1. The number of furan rings is 1. The average molecular weight is 412 g/mol. The number of oxazole rings is 1. The first-order valence-electron chi connectivity index (χ1n) is 8.50. The van der Waals surface area contributed by atoms with Gasteiger partial charge in [-0.05, 0) is 36.4 Å². The molecule has 0 radical (unpaired) electrons. The highest BCUT2D eigenvalue weighted by atomic mass is 35.5. The van der Waals surface area contributed by atoms with Gasteiger partial charge in [-0.25, -0.2) is 4.98 Å². The maximum absolute atomic E-state index is 12.6. The largest absolute Gasteiger partial charge is 0.456 e. The highest BCUT2D eigenvalue weighted by Crippen LogP contribution is 2.25. The second-order valence-corrected chi connectivity index (χ2v) is 6.51. The third kappa shape index (κ3) is 4.09. The number of aromatic nitrogens is 4. The van der Waals surface area contributed by atoms with Crippen molar-refractivity contribution in [3.8, 4) is 11.3 Å². The molecule has 0 aliphatic rings. The van der Waals surface area contributed by atoms with Crippen LogP contribution in [0.5, 0.6) is 0 Å². The van der Waals surface area contributed by atoms with Gasteiger partial charge >= 0.3 is 0 Å². The Morgan fingerprint density at radius 2 is 1.97 bits per heavy atom. The van der Waals surface area contributed by atoms with E-state index in [1.807, 2.05) is 0 Å². The van der Waals surface area contributed by atoms with Gasteiger partial charge in [-0.2, -0.15) is 9.90 Å². The third-order valence-corrected chi connectivity index (χ3v) is 4.22. The van der Waals surface area contributed by atoms with Crippen molar-refractivity contribution in [2.75, 3.05) is 5.32 Å². The van der Waals surface area contributed by atoms with E-state index in [4.69, 9.17) is 20.4 Å². The molecule has 0 unspecified atom stereocenters. The van der Waals surface area contributed by atoms with Gasteiger partial charge in [0.1, 0.15) is 12.3 Å².